The first-order valence-corrected chi connectivity index (χ1v) is 16.3. The number of aryl methyl sites for hydroxylation is 1. The summed E-state index contributed by atoms with van der Waals surface area (Å²) in [5.41, 5.74) is 9.72. The molecule has 0 N–H and O–H groups in total. The second-order valence-electron chi connectivity index (χ2n) is 11.2. The molecule has 0 atom stereocenters. The van der Waals surface area contributed by atoms with Gasteiger partial charge >= 0.3 is 0 Å². The summed E-state index contributed by atoms with van der Waals surface area (Å²) in [5, 5.41) is 4.49. The van der Waals surface area contributed by atoms with Gasteiger partial charge in [-0.05, 0) is 60.4 Å². The summed E-state index contributed by atoms with van der Waals surface area (Å²) in [7, 11) is -1.79. The number of hydrogen-bond donors (Lipinski definition) is 0. The van der Waals surface area contributed by atoms with Crippen molar-refractivity contribution in [3.05, 3.63) is 96.2 Å². The van der Waals surface area contributed by atoms with Crippen LogP contribution in [0.4, 0.5) is 0 Å². The summed E-state index contributed by atoms with van der Waals surface area (Å²) in [4.78, 5) is 0. The van der Waals surface area contributed by atoms with E-state index in [1.54, 1.807) is 10.8 Å². The molecule has 0 fully saturated rings. The Bertz CT molecular complexity index is 1720. The van der Waals surface area contributed by atoms with E-state index in [9.17, 15) is 0 Å². The molecular formula is C32H28BNOSi. The van der Waals surface area contributed by atoms with Crippen LogP contribution in [0.5, 0.6) is 11.5 Å². The van der Waals surface area contributed by atoms with Gasteiger partial charge in [0, 0.05) is 22.8 Å². The standard InChI is InChI=1S/C32H28BNOSi/c1-36(2)30-16-8-5-12-25(30)33-24-19-18-21(20-29(24)35-28-15-9-17-31(36)32(28)33)34-26-13-6-3-10-22(26)23-11-4-7-14-27(23)34/h3,5-6,8-10,12-13,15-20H,4,7,11,14H2,1-2H3. The molecule has 0 amide bonds. The van der Waals surface area contributed by atoms with Gasteiger partial charge in [-0.25, -0.2) is 0 Å². The minimum absolute atomic E-state index is 0.237. The van der Waals surface area contributed by atoms with Crippen molar-refractivity contribution in [3.63, 3.8) is 0 Å². The average molecular weight is 481 g/mol. The van der Waals surface area contributed by atoms with Crippen LogP contribution in [0.15, 0.2) is 84.9 Å². The first-order chi connectivity index (χ1) is 17.6. The van der Waals surface area contributed by atoms with Crippen LogP contribution in [0.2, 0.25) is 13.1 Å². The topological polar surface area (TPSA) is 14.2 Å². The molecule has 4 heteroatoms. The Labute approximate surface area is 213 Å². The monoisotopic (exact) mass is 481 g/mol. The van der Waals surface area contributed by atoms with Gasteiger partial charge < -0.3 is 9.30 Å². The lowest BCUT2D eigenvalue weighted by atomic mass is 9.35. The molecule has 4 aromatic carbocycles. The van der Waals surface area contributed by atoms with Gasteiger partial charge in [-0.15, -0.1) is 0 Å². The lowest BCUT2D eigenvalue weighted by molar-refractivity contribution is 0.487. The molecule has 0 spiro atoms. The predicted octanol–water partition coefficient (Wildman–Crippen LogP) is 4.27. The minimum Gasteiger partial charge on any atom is -0.458 e. The van der Waals surface area contributed by atoms with Gasteiger partial charge in [0.25, 0.3) is 6.71 Å². The van der Waals surface area contributed by atoms with Crippen molar-refractivity contribution in [1.29, 1.82) is 0 Å². The van der Waals surface area contributed by atoms with E-state index in [0.717, 1.165) is 17.9 Å². The van der Waals surface area contributed by atoms with E-state index in [0.29, 0.717) is 0 Å². The average Bonchev–Trinajstić information content (AvgIpc) is 3.25. The zero-order chi connectivity index (χ0) is 24.0. The van der Waals surface area contributed by atoms with Crippen LogP contribution >= 0.6 is 0 Å². The quantitative estimate of drug-likeness (QED) is 0.320. The molecule has 3 heterocycles. The molecule has 2 nitrogen and oxygen atoms in total. The van der Waals surface area contributed by atoms with E-state index in [2.05, 4.69) is 103 Å². The van der Waals surface area contributed by atoms with Crippen molar-refractivity contribution < 1.29 is 4.74 Å². The van der Waals surface area contributed by atoms with E-state index in [-0.39, 0.29) is 6.71 Å². The van der Waals surface area contributed by atoms with Crippen LogP contribution in [-0.2, 0) is 12.8 Å². The summed E-state index contributed by atoms with van der Waals surface area (Å²) in [6.45, 7) is 5.20. The Kier molecular flexibility index (Phi) is 4.17. The third kappa shape index (κ3) is 2.63. The van der Waals surface area contributed by atoms with Crippen LogP contribution < -0.4 is 31.5 Å². The summed E-state index contributed by atoms with van der Waals surface area (Å²) in [6.07, 6.45) is 4.87. The Balaban J connectivity index is 1.36. The van der Waals surface area contributed by atoms with Crippen molar-refractivity contribution in [1.82, 2.24) is 4.57 Å². The van der Waals surface area contributed by atoms with Gasteiger partial charge in [0.15, 0.2) is 0 Å². The molecule has 1 aliphatic carbocycles. The lowest BCUT2D eigenvalue weighted by Crippen LogP contribution is -2.77. The molecule has 2 aliphatic heterocycles. The third-order valence-electron chi connectivity index (χ3n) is 8.94. The van der Waals surface area contributed by atoms with Crippen molar-refractivity contribution in [2.45, 2.75) is 38.8 Å². The van der Waals surface area contributed by atoms with Gasteiger partial charge in [0.2, 0.25) is 0 Å². The van der Waals surface area contributed by atoms with Crippen molar-refractivity contribution >= 4 is 52.5 Å². The molecule has 1 aromatic heterocycles. The maximum absolute atomic E-state index is 6.74. The van der Waals surface area contributed by atoms with E-state index in [1.807, 2.05) is 0 Å². The number of fused-ring (bicyclic) bond motifs is 7. The highest BCUT2D eigenvalue weighted by atomic mass is 28.3. The van der Waals surface area contributed by atoms with E-state index < -0.39 is 8.07 Å². The van der Waals surface area contributed by atoms with E-state index in [1.165, 1.54) is 63.1 Å². The number of benzene rings is 4. The highest BCUT2D eigenvalue weighted by Crippen LogP contribution is 2.36. The van der Waals surface area contributed by atoms with Crippen LogP contribution in [-0.4, -0.2) is 19.4 Å². The fourth-order valence-corrected chi connectivity index (χ4v) is 10.5. The number of rotatable bonds is 1. The maximum Gasteiger partial charge on any atom is 0.250 e. The zero-order valence-corrected chi connectivity index (χ0v) is 21.8. The first-order valence-electron chi connectivity index (χ1n) is 13.3. The maximum atomic E-state index is 6.74. The number of para-hydroxylation sites is 1. The Morgan fingerprint density at radius 2 is 1.56 bits per heavy atom. The Morgan fingerprint density at radius 3 is 2.50 bits per heavy atom. The largest absolute Gasteiger partial charge is 0.458 e. The third-order valence-corrected chi connectivity index (χ3v) is 12.5. The van der Waals surface area contributed by atoms with Crippen molar-refractivity contribution in [3.8, 4) is 17.2 Å². The molecule has 0 saturated carbocycles. The highest BCUT2D eigenvalue weighted by Gasteiger charge is 2.45. The predicted molar refractivity (Wildman–Crippen MR) is 154 cm³/mol. The molecular weight excluding hydrogens is 453 g/mol. The Morgan fingerprint density at radius 1 is 0.750 bits per heavy atom. The van der Waals surface area contributed by atoms with Gasteiger partial charge in [-0.1, -0.05) is 89.6 Å². The second-order valence-corrected chi connectivity index (χ2v) is 15.5. The molecule has 3 aliphatic rings. The van der Waals surface area contributed by atoms with Gasteiger partial charge in [-0.2, -0.15) is 0 Å². The van der Waals surface area contributed by atoms with Crippen LogP contribution in [0.1, 0.15) is 24.1 Å². The fraction of sp³-hybridized carbons (Fsp3) is 0.188. The van der Waals surface area contributed by atoms with E-state index in [4.69, 9.17) is 4.74 Å². The molecule has 8 rings (SSSR count). The molecule has 174 valence electrons. The van der Waals surface area contributed by atoms with Gasteiger partial charge in [0.1, 0.15) is 19.6 Å². The molecule has 0 unspecified atom stereocenters. The molecule has 0 radical (unpaired) electrons. The fourth-order valence-electron chi connectivity index (χ4n) is 7.32. The number of nitrogens with zero attached hydrogens (tertiary/aromatic N) is 1. The minimum atomic E-state index is -1.79. The van der Waals surface area contributed by atoms with Crippen molar-refractivity contribution in [2.24, 2.45) is 0 Å². The molecule has 36 heavy (non-hydrogen) atoms. The number of hydrogen-bond acceptors (Lipinski definition) is 1. The zero-order valence-electron chi connectivity index (χ0n) is 20.8. The Hall–Kier alpha value is -3.50. The summed E-state index contributed by atoms with van der Waals surface area (Å²) in [6, 6.07) is 31.8. The van der Waals surface area contributed by atoms with Crippen LogP contribution in [0, 0.1) is 0 Å². The highest BCUT2D eigenvalue weighted by molar-refractivity contribution is 7.14. The SMILES string of the molecule is C[Si]1(C)c2ccccc2B2c3ccc(-n4c5c(c6ccccc64)CCCC5)cc3Oc3cccc1c32. The molecule has 0 saturated heterocycles. The van der Waals surface area contributed by atoms with Gasteiger partial charge in [0.05, 0.1) is 5.52 Å². The number of aromatic nitrogens is 1. The summed E-state index contributed by atoms with van der Waals surface area (Å²) in [5.74, 6) is 2.04. The van der Waals surface area contributed by atoms with Crippen LogP contribution in [0.3, 0.4) is 0 Å². The lowest BCUT2D eigenvalue weighted by Gasteiger charge is -2.40. The summed E-state index contributed by atoms with van der Waals surface area (Å²) >= 11 is 0. The van der Waals surface area contributed by atoms with E-state index >= 15 is 0 Å². The van der Waals surface area contributed by atoms with Crippen LogP contribution in [0.25, 0.3) is 16.6 Å². The van der Waals surface area contributed by atoms with Gasteiger partial charge in [-0.3, -0.25) is 0 Å². The van der Waals surface area contributed by atoms with Crippen molar-refractivity contribution in [2.75, 3.05) is 0 Å². The molecule has 0 bridgehead atoms. The second kappa shape index (κ2) is 7.27. The smallest absolute Gasteiger partial charge is 0.250 e. The number of ether oxygens (including phenoxy) is 1. The summed E-state index contributed by atoms with van der Waals surface area (Å²) < 4.78 is 9.24. The first kappa shape index (κ1) is 20.7. The normalized spacial score (nSPS) is 16.6. The molecule has 5 aromatic rings.